The van der Waals surface area contributed by atoms with Crippen LogP contribution in [-0.2, 0) is 26.1 Å². The molecule has 0 spiro atoms. The second-order valence-corrected chi connectivity index (χ2v) is 10.6. The van der Waals surface area contributed by atoms with Crippen molar-refractivity contribution in [3.05, 3.63) is 53.1 Å². The van der Waals surface area contributed by atoms with Crippen molar-refractivity contribution in [2.45, 2.75) is 37.2 Å². The third kappa shape index (κ3) is 4.78. The Bertz CT molecular complexity index is 1350. The number of ether oxygens (including phenoxy) is 2. The van der Waals surface area contributed by atoms with Gasteiger partial charge in [0.1, 0.15) is 17.6 Å². The molecule has 1 fully saturated rings. The van der Waals surface area contributed by atoms with Crippen LogP contribution in [0.25, 0.3) is 10.2 Å². The van der Waals surface area contributed by atoms with Crippen molar-refractivity contribution in [1.82, 2.24) is 8.87 Å². The fraction of sp³-hybridized carbons (Fsp3) is 0.391. The summed E-state index contributed by atoms with van der Waals surface area (Å²) < 4.78 is 55.1. The van der Waals surface area contributed by atoms with Gasteiger partial charge in [0.25, 0.3) is 5.91 Å². The zero-order valence-electron chi connectivity index (χ0n) is 18.9. The number of carbonyl (C=O) groups excluding carboxylic acids is 1. The lowest BCUT2D eigenvalue weighted by Gasteiger charge is -2.21. The van der Waals surface area contributed by atoms with Crippen molar-refractivity contribution in [2.75, 3.05) is 26.9 Å². The number of nitrogens with zero attached hydrogens (tertiary/aromatic N) is 3. The van der Waals surface area contributed by atoms with Gasteiger partial charge in [0.2, 0.25) is 10.0 Å². The standard InChI is InChI=1S/C23H26FN3O5S2/c1-3-32-15-14-26-21-18(24)6-4-8-20(21)33-23(26)25-22(28)19-7-5-13-27(19)34(29,30)17-11-9-16(31-2)10-12-17/h4,6,8-12,19H,3,5,7,13-15H2,1-2H3. The SMILES string of the molecule is CCOCCn1c(=NC(=O)C2CCCN2S(=O)(=O)c2ccc(OC)cc2)sc2cccc(F)c21. The molecule has 1 aromatic heterocycles. The number of rotatable bonds is 8. The van der Waals surface area contributed by atoms with Crippen molar-refractivity contribution < 1.29 is 27.1 Å². The van der Waals surface area contributed by atoms with Gasteiger partial charge in [-0.25, -0.2) is 12.8 Å². The van der Waals surface area contributed by atoms with Gasteiger partial charge in [0.05, 0.1) is 28.8 Å². The maximum absolute atomic E-state index is 14.6. The Morgan fingerprint density at radius 3 is 2.71 bits per heavy atom. The van der Waals surface area contributed by atoms with Crippen molar-refractivity contribution in [3.63, 3.8) is 0 Å². The monoisotopic (exact) mass is 507 g/mol. The third-order valence-corrected chi connectivity index (χ3v) is 8.64. The normalized spacial score (nSPS) is 17.5. The third-order valence-electron chi connectivity index (χ3n) is 5.68. The smallest absolute Gasteiger partial charge is 0.266 e. The number of amides is 1. The highest BCUT2D eigenvalue weighted by molar-refractivity contribution is 7.89. The molecule has 1 amide bonds. The molecule has 2 aromatic carbocycles. The number of halogens is 1. The predicted octanol–water partition coefficient (Wildman–Crippen LogP) is 3.17. The van der Waals surface area contributed by atoms with E-state index < -0.39 is 27.8 Å². The van der Waals surface area contributed by atoms with Crippen molar-refractivity contribution in [2.24, 2.45) is 4.99 Å². The highest BCUT2D eigenvalue weighted by Crippen LogP contribution is 2.28. The van der Waals surface area contributed by atoms with Gasteiger partial charge in [-0.2, -0.15) is 9.30 Å². The van der Waals surface area contributed by atoms with Crippen LogP contribution in [0.15, 0.2) is 52.4 Å². The lowest BCUT2D eigenvalue weighted by atomic mass is 10.2. The molecule has 1 unspecified atom stereocenters. The largest absolute Gasteiger partial charge is 0.497 e. The molecule has 34 heavy (non-hydrogen) atoms. The first-order valence-electron chi connectivity index (χ1n) is 11.0. The van der Waals surface area contributed by atoms with Crippen LogP contribution in [0.2, 0.25) is 0 Å². The summed E-state index contributed by atoms with van der Waals surface area (Å²) in [5.74, 6) is -0.438. The number of hydrogen-bond acceptors (Lipinski definition) is 6. The van der Waals surface area contributed by atoms with Crippen molar-refractivity contribution >= 4 is 37.5 Å². The summed E-state index contributed by atoms with van der Waals surface area (Å²) >= 11 is 1.19. The molecule has 0 radical (unpaired) electrons. The number of methoxy groups -OCH3 is 1. The maximum atomic E-state index is 14.6. The van der Waals surface area contributed by atoms with E-state index in [-0.39, 0.29) is 11.4 Å². The van der Waals surface area contributed by atoms with E-state index in [1.54, 1.807) is 28.8 Å². The average Bonchev–Trinajstić information content (AvgIpc) is 3.46. The number of hydrogen-bond donors (Lipinski definition) is 0. The molecular formula is C23H26FN3O5S2. The van der Waals surface area contributed by atoms with Crippen molar-refractivity contribution in [3.8, 4) is 5.75 Å². The van der Waals surface area contributed by atoms with Crippen LogP contribution in [0.1, 0.15) is 19.8 Å². The fourth-order valence-electron chi connectivity index (χ4n) is 4.01. The van der Waals surface area contributed by atoms with Gasteiger partial charge >= 0.3 is 0 Å². The second kappa shape index (κ2) is 10.3. The number of benzene rings is 2. The van der Waals surface area contributed by atoms with Crippen LogP contribution in [0, 0.1) is 5.82 Å². The number of aromatic nitrogens is 1. The molecule has 0 saturated carbocycles. The van der Waals surface area contributed by atoms with Gasteiger partial charge in [-0.05, 0) is 56.2 Å². The topological polar surface area (TPSA) is 90.2 Å². The van der Waals surface area contributed by atoms with Gasteiger partial charge in [-0.1, -0.05) is 17.4 Å². The Balaban J connectivity index is 1.69. The molecule has 8 nitrogen and oxygen atoms in total. The van der Waals surface area contributed by atoms with E-state index in [4.69, 9.17) is 9.47 Å². The number of sulfonamides is 1. The van der Waals surface area contributed by atoms with E-state index in [0.29, 0.717) is 53.4 Å². The molecule has 2 heterocycles. The lowest BCUT2D eigenvalue weighted by molar-refractivity contribution is -0.121. The molecule has 1 aliphatic heterocycles. The molecule has 182 valence electrons. The second-order valence-electron chi connectivity index (χ2n) is 7.72. The summed E-state index contributed by atoms with van der Waals surface area (Å²) in [5, 5.41) is 0. The summed E-state index contributed by atoms with van der Waals surface area (Å²) in [7, 11) is -2.39. The first-order chi connectivity index (χ1) is 16.4. The molecule has 0 bridgehead atoms. The van der Waals surface area contributed by atoms with Crippen LogP contribution in [0.4, 0.5) is 4.39 Å². The average molecular weight is 508 g/mol. The molecular weight excluding hydrogens is 481 g/mol. The Morgan fingerprint density at radius 1 is 1.24 bits per heavy atom. The van der Waals surface area contributed by atoms with E-state index in [2.05, 4.69) is 4.99 Å². The number of para-hydroxylation sites is 1. The van der Waals surface area contributed by atoms with Crippen molar-refractivity contribution in [1.29, 1.82) is 0 Å². The number of thiazole rings is 1. The van der Waals surface area contributed by atoms with Crippen LogP contribution >= 0.6 is 11.3 Å². The Labute approximate surface area is 201 Å². The zero-order chi connectivity index (χ0) is 24.3. The molecule has 11 heteroatoms. The quantitative estimate of drug-likeness (QED) is 0.437. The Kier molecular flexibility index (Phi) is 7.46. The molecule has 1 aliphatic rings. The van der Waals surface area contributed by atoms with Gasteiger partial charge in [0.15, 0.2) is 4.80 Å². The predicted molar refractivity (Wildman–Crippen MR) is 127 cm³/mol. The summed E-state index contributed by atoms with van der Waals surface area (Å²) in [6.07, 6.45) is 0.919. The summed E-state index contributed by atoms with van der Waals surface area (Å²) in [5.41, 5.74) is 0.355. The van der Waals surface area contributed by atoms with E-state index >= 15 is 0 Å². The highest BCUT2D eigenvalue weighted by atomic mass is 32.2. The Hall–Kier alpha value is -2.60. The first-order valence-corrected chi connectivity index (χ1v) is 13.2. The molecule has 1 saturated heterocycles. The minimum atomic E-state index is -3.90. The van der Waals surface area contributed by atoms with Crippen LogP contribution in [0.3, 0.4) is 0 Å². The lowest BCUT2D eigenvalue weighted by Crippen LogP contribution is -2.40. The molecule has 0 N–H and O–H groups in total. The minimum Gasteiger partial charge on any atom is -0.497 e. The Morgan fingerprint density at radius 2 is 2.00 bits per heavy atom. The minimum absolute atomic E-state index is 0.0868. The number of fused-ring (bicyclic) bond motifs is 1. The van der Waals surface area contributed by atoms with Gasteiger partial charge in [0, 0.05) is 19.7 Å². The van der Waals surface area contributed by atoms with Gasteiger partial charge in [-0.3, -0.25) is 4.79 Å². The number of carbonyl (C=O) groups is 1. The van der Waals surface area contributed by atoms with Crippen LogP contribution in [0.5, 0.6) is 5.75 Å². The fourth-order valence-corrected chi connectivity index (χ4v) is 6.73. The maximum Gasteiger partial charge on any atom is 0.266 e. The van der Waals surface area contributed by atoms with Gasteiger partial charge < -0.3 is 14.0 Å². The highest BCUT2D eigenvalue weighted by Gasteiger charge is 2.39. The summed E-state index contributed by atoms with van der Waals surface area (Å²) in [6, 6.07) is 9.87. The van der Waals surface area contributed by atoms with E-state index in [1.807, 2.05) is 6.92 Å². The van der Waals surface area contributed by atoms with Crippen LogP contribution < -0.4 is 9.54 Å². The van der Waals surface area contributed by atoms with E-state index in [1.165, 1.54) is 41.0 Å². The zero-order valence-corrected chi connectivity index (χ0v) is 20.6. The summed E-state index contributed by atoms with van der Waals surface area (Å²) in [4.78, 5) is 17.9. The van der Waals surface area contributed by atoms with Crippen LogP contribution in [-0.4, -0.2) is 56.1 Å². The molecule has 0 aliphatic carbocycles. The van der Waals surface area contributed by atoms with E-state index in [0.717, 1.165) is 0 Å². The first kappa shape index (κ1) is 24.5. The van der Waals surface area contributed by atoms with E-state index in [9.17, 15) is 17.6 Å². The molecule has 4 rings (SSSR count). The van der Waals surface area contributed by atoms with Gasteiger partial charge in [-0.15, -0.1) is 0 Å². The summed E-state index contributed by atoms with van der Waals surface area (Å²) in [6.45, 7) is 3.25. The molecule has 3 aromatic rings. The molecule has 1 atom stereocenters.